The van der Waals surface area contributed by atoms with Gasteiger partial charge in [-0.15, -0.1) is 0 Å². The quantitative estimate of drug-likeness (QED) is 0.840. The van der Waals surface area contributed by atoms with E-state index in [2.05, 4.69) is 55.3 Å². The van der Waals surface area contributed by atoms with Crippen molar-refractivity contribution in [2.24, 2.45) is 0 Å². The van der Waals surface area contributed by atoms with Gasteiger partial charge >= 0.3 is 0 Å². The Morgan fingerprint density at radius 3 is 2.75 bits per heavy atom. The molecule has 2 rings (SSSR count). The summed E-state index contributed by atoms with van der Waals surface area (Å²) in [7, 11) is 0. The van der Waals surface area contributed by atoms with E-state index < -0.39 is 0 Å². The summed E-state index contributed by atoms with van der Waals surface area (Å²) in [6, 6.07) is 10.8. The standard InChI is InChI=1S/C17H24N2O/c1-4-18-15(12-20-13(2)3)11-14-9-10-19-17-8-6-5-7-16(14)17/h5-10,13,15,18H,4,11-12H2,1-3H3. The number of benzene rings is 1. The minimum absolute atomic E-state index is 0.269. The van der Waals surface area contributed by atoms with Gasteiger partial charge in [0.25, 0.3) is 0 Å². The summed E-state index contributed by atoms with van der Waals surface area (Å²) in [5.74, 6) is 0. The van der Waals surface area contributed by atoms with Crippen LogP contribution in [-0.4, -0.2) is 30.3 Å². The fourth-order valence-electron chi connectivity index (χ4n) is 2.39. The summed E-state index contributed by atoms with van der Waals surface area (Å²) in [6.07, 6.45) is 3.12. The molecule has 0 saturated carbocycles. The molecule has 20 heavy (non-hydrogen) atoms. The Hall–Kier alpha value is -1.45. The molecule has 1 atom stereocenters. The molecule has 2 aromatic rings. The average Bonchev–Trinajstić information content (AvgIpc) is 2.45. The summed E-state index contributed by atoms with van der Waals surface area (Å²) < 4.78 is 5.76. The minimum atomic E-state index is 0.269. The summed E-state index contributed by atoms with van der Waals surface area (Å²) in [4.78, 5) is 4.42. The number of hydrogen-bond donors (Lipinski definition) is 1. The van der Waals surface area contributed by atoms with Gasteiger partial charge in [0.1, 0.15) is 0 Å². The lowest BCUT2D eigenvalue weighted by molar-refractivity contribution is 0.0616. The van der Waals surface area contributed by atoms with Gasteiger partial charge in [0, 0.05) is 17.6 Å². The monoisotopic (exact) mass is 272 g/mol. The lowest BCUT2D eigenvalue weighted by Gasteiger charge is -2.20. The summed E-state index contributed by atoms with van der Waals surface area (Å²) >= 11 is 0. The molecule has 1 heterocycles. The van der Waals surface area contributed by atoms with E-state index in [0.29, 0.717) is 6.04 Å². The topological polar surface area (TPSA) is 34.1 Å². The Kier molecular flexibility index (Phi) is 5.50. The largest absolute Gasteiger partial charge is 0.377 e. The number of nitrogens with zero attached hydrogens (tertiary/aromatic N) is 1. The smallest absolute Gasteiger partial charge is 0.0704 e. The zero-order valence-corrected chi connectivity index (χ0v) is 12.6. The van der Waals surface area contributed by atoms with Crippen molar-refractivity contribution in [1.82, 2.24) is 10.3 Å². The van der Waals surface area contributed by atoms with E-state index in [1.807, 2.05) is 12.3 Å². The van der Waals surface area contributed by atoms with E-state index in [9.17, 15) is 0 Å². The second kappa shape index (κ2) is 7.36. The predicted molar refractivity (Wildman–Crippen MR) is 84.0 cm³/mol. The number of pyridine rings is 1. The first-order valence-electron chi connectivity index (χ1n) is 7.38. The summed E-state index contributed by atoms with van der Waals surface area (Å²) in [6.45, 7) is 7.97. The molecule has 3 heteroatoms. The van der Waals surface area contributed by atoms with Crippen LogP contribution in [0.5, 0.6) is 0 Å². The molecule has 1 N–H and O–H groups in total. The molecule has 0 bridgehead atoms. The summed E-state index contributed by atoms with van der Waals surface area (Å²) in [5.41, 5.74) is 2.39. The first-order chi connectivity index (χ1) is 9.70. The molecule has 0 fully saturated rings. The van der Waals surface area contributed by atoms with Gasteiger partial charge in [-0.1, -0.05) is 25.1 Å². The van der Waals surface area contributed by atoms with Gasteiger partial charge < -0.3 is 10.1 Å². The number of likely N-dealkylation sites (N-methyl/N-ethyl adjacent to an activating group) is 1. The number of nitrogens with one attached hydrogen (secondary N) is 1. The Labute approximate surface area is 121 Å². The molecule has 3 nitrogen and oxygen atoms in total. The molecule has 0 amide bonds. The average molecular weight is 272 g/mol. The van der Waals surface area contributed by atoms with Gasteiger partial charge in [0.15, 0.2) is 0 Å². The fraction of sp³-hybridized carbons (Fsp3) is 0.471. The van der Waals surface area contributed by atoms with E-state index >= 15 is 0 Å². The molecule has 1 aromatic carbocycles. The van der Waals surface area contributed by atoms with Gasteiger partial charge in [0.05, 0.1) is 18.2 Å². The zero-order valence-electron chi connectivity index (χ0n) is 12.6. The molecule has 0 radical (unpaired) electrons. The molecule has 0 aliphatic carbocycles. The van der Waals surface area contributed by atoms with E-state index in [0.717, 1.165) is 25.1 Å². The maximum atomic E-state index is 5.76. The number of para-hydroxylation sites is 1. The van der Waals surface area contributed by atoms with E-state index in [1.165, 1.54) is 10.9 Å². The van der Waals surface area contributed by atoms with Crippen LogP contribution in [0, 0.1) is 0 Å². The maximum Gasteiger partial charge on any atom is 0.0704 e. The number of ether oxygens (including phenoxy) is 1. The van der Waals surface area contributed by atoms with Crippen molar-refractivity contribution in [3.8, 4) is 0 Å². The van der Waals surface area contributed by atoms with E-state index in [4.69, 9.17) is 4.74 Å². The molecule has 0 aliphatic heterocycles. The highest BCUT2D eigenvalue weighted by Crippen LogP contribution is 2.17. The Balaban J connectivity index is 2.15. The van der Waals surface area contributed by atoms with Crippen molar-refractivity contribution in [3.63, 3.8) is 0 Å². The van der Waals surface area contributed by atoms with Crippen molar-refractivity contribution >= 4 is 10.9 Å². The Morgan fingerprint density at radius 2 is 2.00 bits per heavy atom. The third kappa shape index (κ3) is 4.02. The fourth-order valence-corrected chi connectivity index (χ4v) is 2.39. The SMILES string of the molecule is CCNC(COC(C)C)Cc1ccnc2ccccc12. The van der Waals surface area contributed by atoms with Crippen LogP contribution in [-0.2, 0) is 11.2 Å². The molecular weight excluding hydrogens is 248 g/mol. The van der Waals surface area contributed by atoms with Crippen molar-refractivity contribution in [3.05, 3.63) is 42.1 Å². The molecule has 0 saturated heterocycles. The maximum absolute atomic E-state index is 5.76. The van der Waals surface area contributed by atoms with Crippen LogP contribution in [0.2, 0.25) is 0 Å². The van der Waals surface area contributed by atoms with Gasteiger partial charge in [-0.05, 0) is 44.5 Å². The number of aromatic nitrogens is 1. The van der Waals surface area contributed by atoms with Gasteiger partial charge in [-0.25, -0.2) is 0 Å². The molecule has 1 aromatic heterocycles. The highest BCUT2D eigenvalue weighted by atomic mass is 16.5. The third-order valence-electron chi connectivity index (χ3n) is 3.33. The number of fused-ring (bicyclic) bond motifs is 1. The van der Waals surface area contributed by atoms with Crippen molar-refractivity contribution in [1.29, 1.82) is 0 Å². The molecule has 108 valence electrons. The van der Waals surface area contributed by atoms with Gasteiger partial charge in [0.2, 0.25) is 0 Å². The Bertz CT molecular complexity index is 534. The summed E-state index contributed by atoms with van der Waals surface area (Å²) in [5, 5.41) is 4.74. The molecule has 1 unspecified atom stereocenters. The highest BCUT2D eigenvalue weighted by Gasteiger charge is 2.11. The van der Waals surface area contributed by atoms with Gasteiger partial charge in [-0.2, -0.15) is 0 Å². The number of hydrogen-bond acceptors (Lipinski definition) is 3. The normalized spacial score (nSPS) is 13.0. The molecular formula is C17H24N2O. The Morgan fingerprint density at radius 1 is 1.20 bits per heavy atom. The van der Waals surface area contributed by atoms with Crippen LogP contribution in [0.25, 0.3) is 10.9 Å². The van der Waals surface area contributed by atoms with E-state index in [1.54, 1.807) is 0 Å². The van der Waals surface area contributed by atoms with Crippen molar-refractivity contribution in [2.45, 2.75) is 39.3 Å². The first kappa shape index (κ1) is 14.9. The van der Waals surface area contributed by atoms with E-state index in [-0.39, 0.29) is 6.10 Å². The molecule has 0 spiro atoms. The zero-order chi connectivity index (χ0) is 14.4. The number of rotatable bonds is 7. The van der Waals surface area contributed by atoms with Crippen LogP contribution in [0.3, 0.4) is 0 Å². The van der Waals surface area contributed by atoms with Crippen LogP contribution >= 0.6 is 0 Å². The second-order valence-corrected chi connectivity index (χ2v) is 5.33. The van der Waals surface area contributed by atoms with Gasteiger partial charge in [-0.3, -0.25) is 4.98 Å². The lowest BCUT2D eigenvalue weighted by atomic mass is 10.0. The predicted octanol–water partition coefficient (Wildman–Crippen LogP) is 3.18. The van der Waals surface area contributed by atoms with Crippen LogP contribution in [0.15, 0.2) is 36.5 Å². The third-order valence-corrected chi connectivity index (χ3v) is 3.33. The first-order valence-corrected chi connectivity index (χ1v) is 7.38. The van der Waals surface area contributed by atoms with Crippen LogP contribution in [0.1, 0.15) is 26.3 Å². The van der Waals surface area contributed by atoms with Crippen LogP contribution in [0.4, 0.5) is 0 Å². The minimum Gasteiger partial charge on any atom is -0.377 e. The highest BCUT2D eigenvalue weighted by molar-refractivity contribution is 5.81. The molecule has 0 aliphatic rings. The second-order valence-electron chi connectivity index (χ2n) is 5.33. The lowest BCUT2D eigenvalue weighted by Crippen LogP contribution is -2.36. The van der Waals surface area contributed by atoms with Crippen LogP contribution < -0.4 is 5.32 Å². The van der Waals surface area contributed by atoms with Crippen molar-refractivity contribution in [2.75, 3.05) is 13.2 Å². The van der Waals surface area contributed by atoms with Crippen molar-refractivity contribution < 1.29 is 4.74 Å².